The first-order valence-corrected chi connectivity index (χ1v) is 15.0. The van der Waals surface area contributed by atoms with Crippen molar-refractivity contribution in [2.45, 2.75) is 50.6 Å². The first-order chi connectivity index (χ1) is 20.0. The van der Waals surface area contributed by atoms with Gasteiger partial charge in [0.25, 0.3) is 5.91 Å². The summed E-state index contributed by atoms with van der Waals surface area (Å²) in [6, 6.07) is 13.1. The molecule has 3 aliphatic rings. The van der Waals surface area contributed by atoms with E-state index in [2.05, 4.69) is 49.5 Å². The molecule has 1 amide bonds. The average molecular weight is 556 g/mol. The first-order valence-electron chi connectivity index (χ1n) is 15.0. The van der Waals surface area contributed by atoms with Crippen molar-refractivity contribution in [2.75, 3.05) is 61.8 Å². The van der Waals surface area contributed by atoms with Crippen LogP contribution in [0, 0.1) is 0 Å². The smallest absolute Gasteiger partial charge is 0.271 e. The Morgan fingerprint density at radius 1 is 0.854 bits per heavy atom. The molecule has 0 unspecified atom stereocenters. The molecule has 1 saturated carbocycles. The molecule has 41 heavy (non-hydrogen) atoms. The molecule has 2 aliphatic heterocycles. The quantitative estimate of drug-likeness (QED) is 0.380. The average Bonchev–Trinajstić information content (AvgIpc) is 3.52. The molecule has 1 aromatic carbocycles. The second kappa shape index (κ2) is 12.4. The molecule has 6 rings (SSSR count). The number of primary amides is 1. The van der Waals surface area contributed by atoms with Crippen molar-refractivity contribution in [1.82, 2.24) is 24.8 Å². The van der Waals surface area contributed by atoms with Gasteiger partial charge in [0.2, 0.25) is 0 Å². The fourth-order valence-electron chi connectivity index (χ4n) is 6.34. The largest absolute Gasteiger partial charge is 0.371 e. The molecule has 0 bridgehead atoms. The number of anilines is 4. The molecule has 1 aliphatic carbocycles. The number of rotatable bonds is 8. The highest BCUT2D eigenvalue weighted by Gasteiger charge is 2.27. The molecule has 4 N–H and O–H groups in total. The number of hydrogen-bond acceptors (Lipinski definition) is 9. The summed E-state index contributed by atoms with van der Waals surface area (Å²) in [6.07, 6.45) is 10.4. The summed E-state index contributed by atoms with van der Waals surface area (Å²) in [5.41, 5.74) is 9.40. The van der Waals surface area contributed by atoms with Gasteiger partial charge in [0.05, 0.1) is 0 Å². The summed E-state index contributed by atoms with van der Waals surface area (Å²) in [6.45, 7) is 6.82. The van der Waals surface area contributed by atoms with E-state index in [-0.39, 0.29) is 5.69 Å². The van der Waals surface area contributed by atoms with Gasteiger partial charge in [-0.15, -0.1) is 0 Å². The van der Waals surface area contributed by atoms with Gasteiger partial charge in [-0.3, -0.25) is 14.7 Å². The predicted octanol–water partition coefficient (Wildman–Crippen LogP) is 3.95. The lowest BCUT2D eigenvalue weighted by atomic mass is 10.0. The van der Waals surface area contributed by atoms with Crippen LogP contribution in [0.4, 0.5) is 23.0 Å². The fourth-order valence-corrected chi connectivity index (χ4v) is 6.34. The second-order valence-corrected chi connectivity index (χ2v) is 11.6. The molecule has 3 aromatic rings. The highest BCUT2D eigenvalue weighted by Crippen LogP contribution is 2.32. The van der Waals surface area contributed by atoms with Crippen LogP contribution in [0.3, 0.4) is 0 Å². The zero-order valence-electron chi connectivity index (χ0n) is 23.9. The van der Waals surface area contributed by atoms with E-state index >= 15 is 0 Å². The van der Waals surface area contributed by atoms with Crippen molar-refractivity contribution < 1.29 is 4.79 Å². The van der Waals surface area contributed by atoms with E-state index in [0.717, 1.165) is 37.2 Å². The number of carbonyl (C=O) groups is 1. The molecular formula is C31H41N9O. The number of benzene rings is 1. The Hall–Kier alpha value is -3.76. The maximum absolute atomic E-state index is 12.5. The molecule has 0 radical (unpaired) electrons. The van der Waals surface area contributed by atoms with Crippen molar-refractivity contribution in [3.8, 4) is 11.3 Å². The standard InChI is InChI=1S/C31H41N9O/c1-38-18-20-40(21-19-38)26-12-16-39(17-13-26)25-8-6-24(7-9-25)35-31-28(29(32)41)36-27(22-10-14-33-15-11-22)30(37-31)34-23-4-2-3-5-23/h6-11,14-15,23,26H,2-5,12-13,16-21H2,1H3,(H2,32,41)(H2,34,35,37). The number of nitrogens with one attached hydrogen (secondary N) is 2. The lowest BCUT2D eigenvalue weighted by Gasteiger charge is -2.42. The molecule has 10 heteroatoms. The van der Waals surface area contributed by atoms with Gasteiger partial charge in [0, 0.05) is 80.7 Å². The van der Waals surface area contributed by atoms with Crippen LogP contribution in [0.25, 0.3) is 11.3 Å². The molecule has 10 nitrogen and oxygen atoms in total. The highest BCUT2D eigenvalue weighted by molar-refractivity contribution is 5.97. The van der Waals surface area contributed by atoms with Crippen molar-refractivity contribution in [2.24, 2.45) is 5.73 Å². The Kier molecular flexibility index (Phi) is 8.29. The molecule has 216 valence electrons. The van der Waals surface area contributed by atoms with Crippen molar-refractivity contribution in [3.63, 3.8) is 0 Å². The van der Waals surface area contributed by atoms with E-state index in [1.54, 1.807) is 12.4 Å². The van der Waals surface area contributed by atoms with Gasteiger partial charge in [-0.25, -0.2) is 9.97 Å². The molecule has 0 spiro atoms. The number of hydrogen-bond donors (Lipinski definition) is 3. The maximum atomic E-state index is 12.5. The zero-order chi connectivity index (χ0) is 28.2. The van der Waals surface area contributed by atoms with Gasteiger partial charge in [-0.2, -0.15) is 0 Å². The van der Waals surface area contributed by atoms with Crippen LogP contribution in [0.2, 0.25) is 0 Å². The van der Waals surface area contributed by atoms with E-state index in [9.17, 15) is 4.79 Å². The summed E-state index contributed by atoms with van der Waals surface area (Å²) in [5, 5.41) is 6.91. The number of carbonyl (C=O) groups excluding carboxylic acids is 1. The predicted molar refractivity (Wildman–Crippen MR) is 164 cm³/mol. The third-order valence-electron chi connectivity index (χ3n) is 8.79. The zero-order valence-corrected chi connectivity index (χ0v) is 23.9. The summed E-state index contributed by atoms with van der Waals surface area (Å²) in [5.74, 6) is 0.384. The summed E-state index contributed by atoms with van der Waals surface area (Å²) >= 11 is 0. The number of piperidine rings is 1. The lowest BCUT2D eigenvalue weighted by molar-refractivity contribution is 0.0982. The Bertz CT molecular complexity index is 1310. The number of pyridine rings is 1. The number of nitrogens with two attached hydrogens (primary N) is 1. The summed E-state index contributed by atoms with van der Waals surface area (Å²) in [4.78, 5) is 33.8. The van der Waals surface area contributed by atoms with Gasteiger partial charge in [-0.1, -0.05) is 12.8 Å². The SMILES string of the molecule is CN1CCN(C2CCN(c3ccc(Nc4nc(NC5CCCC5)c(-c5ccncc5)nc4C(N)=O)cc3)CC2)CC1. The third kappa shape index (κ3) is 6.44. The minimum absolute atomic E-state index is 0.115. The first kappa shape index (κ1) is 27.4. The summed E-state index contributed by atoms with van der Waals surface area (Å²) in [7, 11) is 2.21. The molecule has 3 fully saturated rings. The molecule has 0 atom stereocenters. The van der Waals surface area contributed by atoms with Gasteiger partial charge < -0.3 is 26.2 Å². The minimum Gasteiger partial charge on any atom is -0.371 e. The summed E-state index contributed by atoms with van der Waals surface area (Å²) < 4.78 is 0. The van der Waals surface area contributed by atoms with Gasteiger partial charge >= 0.3 is 0 Å². The number of likely N-dealkylation sites (N-methyl/N-ethyl adjacent to an activating group) is 1. The molecular weight excluding hydrogens is 514 g/mol. The lowest BCUT2D eigenvalue weighted by Crippen LogP contribution is -2.52. The highest BCUT2D eigenvalue weighted by atomic mass is 16.1. The van der Waals surface area contributed by atoms with Crippen molar-refractivity contribution in [1.29, 1.82) is 0 Å². The number of piperazine rings is 1. The molecule has 4 heterocycles. The van der Waals surface area contributed by atoms with Crippen molar-refractivity contribution >= 4 is 28.9 Å². The second-order valence-electron chi connectivity index (χ2n) is 11.6. The maximum Gasteiger partial charge on any atom is 0.271 e. The van der Waals surface area contributed by atoms with E-state index in [4.69, 9.17) is 15.7 Å². The van der Waals surface area contributed by atoms with Crippen LogP contribution < -0.4 is 21.3 Å². The van der Waals surface area contributed by atoms with Crippen LogP contribution in [-0.4, -0.2) is 89.1 Å². The molecule has 2 saturated heterocycles. The fraction of sp³-hybridized carbons (Fsp3) is 0.484. The Morgan fingerprint density at radius 2 is 1.54 bits per heavy atom. The topological polar surface area (TPSA) is 116 Å². The number of amides is 1. The van der Waals surface area contributed by atoms with E-state index in [0.29, 0.717) is 29.4 Å². The van der Waals surface area contributed by atoms with Gasteiger partial charge in [0.15, 0.2) is 17.3 Å². The van der Waals surface area contributed by atoms with Crippen molar-refractivity contribution in [3.05, 3.63) is 54.5 Å². The van der Waals surface area contributed by atoms with E-state index < -0.39 is 5.91 Å². The van der Waals surface area contributed by atoms with Gasteiger partial charge in [-0.05, 0) is 69.1 Å². The van der Waals surface area contributed by atoms with Crippen LogP contribution >= 0.6 is 0 Å². The normalized spacial score (nSPS) is 19.4. The van der Waals surface area contributed by atoms with Crippen LogP contribution in [0.1, 0.15) is 49.0 Å². The Balaban J connectivity index is 1.18. The van der Waals surface area contributed by atoms with Crippen LogP contribution in [-0.2, 0) is 0 Å². The Morgan fingerprint density at radius 3 is 2.20 bits per heavy atom. The minimum atomic E-state index is -0.623. The monoisotopic (exact) mass is 555 g/mol. The number of nitrogens with zero attached hydrogens (tertiary/aromatic N) is 6. The van der Waals surface area contributed by atoms with Crippen LogP contribution in [0.5, 0.6) is 0 Å². The third-order valence-corrected chi connectivity index (χ3v) is 8.79. The molecule has 2 aromatic heterocycles. The van der Waals surface area contributed by atoms with E-state index in [1.807, 2.05) is 24.3 Å². The van der Waals surface area contributed by atoms with E-state index in [1.165, 1.54) is 57.5 Å². The van der Waals surface area contributed by atoms with Crippen LogP contribution in [0.15, 0.2) is 48.8 Å². The van der Waals surface area contributed by atoms with Gasteiger partial charge in [0.1, 0.15) is 5.69 Å². The number of aromatic nitrogens is 3. The Labute approximate surface area is 242 Å².